The smallest absolute Gasteiger partial charge is 0.226 e. The van der Waals surface area contributed by atoms with Crippen molar-refractivity contribution in [3.63, 3.8) is 0 Å². The number of aryl methyl sites for hydroxylation is 1. The van der Waals surface area contributed by atoms with Gasteiger partial charge in [-0.2, -0.15) is 4.98 Å². The maximum Gasteiger partial charge on any atom is 0.226 e. The predicted molar refractivity (Wildman–Crippen MR) is 55.4 cm³/mol. The molecule has 4 nitrogen and oxygen atoms in total. The van der Waals surface area contributed by atoms with Crippen molar-refractivity contribution < 1.29 is 0 Å². The fraction of sp³-hybridized carbons (Fsp3) is 0.556. The molecule has 0 atom stereocenters. The van der Waals surface area contributed by atoms with Gasteiger partial charge in [-0.3, -0.25) is 0 Å². The molecule has 1 heterocycles. The fourth-order valence-electron chi connectivity index (χ4n) is 0.966. The Hall–Kier alpha value is -1.32. The van der Waals surface area contributed by atoms with E-state index < -0.39 is 0 Å². The van der Waals surface area contributed by atoms with E-state index in [2.05, 4.69) is 9.97 Å². The molecule has 1 aromatic heterocycles. The Morgan fingerprint density at radius 1 is 1.00 bits per heavy atom. The van der Waals surface area contributed by atoms with Crippen LogP contribution in [0.25, 0.3) is 0 Å². The third-order valence-electron chi connectivity index (χ3n) is 1.69. The van der Waals surface area contributed by atoms with Crippen LogP contribution < -0.4 is 9.80 Å². The first-order chi connectivity index (χ1) is 6.00. The summed E-state index contributed by atoms with van der Waals surface area (Å²) in [6.45, 7) is 1.97. The second kappa shape index (κ2) is 3.60. The average molecular weight is 180 g/mol. The van der Waals surface area contributed by atoms with Crippen molar-refractivity contribution >= 4 is 11.8 Å². The summed E-state index contributed by atoms with van der Waals surface area (Å²) >= 11 is 0. The maximum atomic E-state index is 4.37. The lowest BCUT2D eigenvalue weighted by Crippen LogP contribution is -2.17. The number of rotatable bonds is 2. The number of aromatic nitrogens is 2. The van der Waals surface area contributed by atoms with E-state index in [4.69, 9.17) is 0 Å². The minimum absolute atomic E-state index is 0.753. The summed E-state index contributed by atoms with van der Waals surface area (Å²) in [5, 5.41) is 0. The number of hydrogen-bond donors (Lipinski definition) is 0. The summed E-state index contributed by atoms with van der Waals surface area (Å²) in [5.41, 5.74) is 0.988. The second-order valence-corrected chi connectivity index (χ2v) is 3.46. The minimum atomic E-state index is 0.753. The zero-order chi connectivity index (χ0) is 10.0. The molecule has 0 fully saturated rings. The highest BCUT2D eigenvalue weighted by Gasteiger charge is 2.04. The number of nitrogens with zero attached hydrogens (tertiary/aromatic N) is 4. The first kappa shape index (κ1) is 9.77. The topological polar surface area (TPSA) is 32.3 Å². The molecule has 0 N–H and O–H groups in total. The summed E-state index contributed by atoms with van der Waals surface area (Å²) < 4.78 is 0. The van der Waals surface area contributed by atoms with Gasteiger partial charge in [0.05, 0.1) is 0 Å². The molecule has 72 valence electrons. The highest BCUT2D eigenvalue weighted by atomic mass is 15.3. The van der Waals surface area contributed by atoms with E-state index in [0.29, 0.717) is 0 Å². The molecule has 0 aromatic carbocycles. The average Bonchev–Trinajstić information content (AvgIpc) is 2.03. The van der Waals surface area contributed by atoms with Gasteiger partial charge in [0.1, 0.15) is 5.82 Å². The van der Waals surface area contributed by atoms with Crippen LogP contribution in [0.1, 0.15) is 5.69 Å². The molecule has 0 aliphatic carbocycles. The van der Waals surface area contributed by atoms with Crippen LogP contribution in [0.3, 0.4) is 0 Å². The highest BCUT2D eigenvalue weighted by Crippen LogP contribution is 2.13. The quantitative estimate of drug-likeness (QED) is 0.677. The summed E-state index contributed by atoms with van der Waals surface area (Å²) in [5.74, 6) is 1.69. The van der Waals surface area contributed by atoms with Crippen LogP contribution in [-0.2, 0) is 0 Å². The Labute approximate surface area is 79.2 Å². The van der Waals surface area contributed by atoms with Crippen LogP contribution in [0.5, 0.6) is 0 Å². The molecule has 4 heteroatoms. The van der Waals surface area contributed by atoms with Crippen LogP contribution in [0.15, 0.2) is 6.07 Å². The van der Waals surface area contributed by atoms with E-state index in [1.54, 1.807) is 0 Å². The third kappa shape index (κ3) is 2.31. The number of anilines is 2. The normalized spacial score (nSPS) is 9.92. The summed E-state index contributed by atoms with van der Waals surface area (Å²) in [4.78, 5) is 12.6. The monoisotopic (exact) mass is 180 g/mol. The van der Waals surface area contributed by atoms with Gasteiger partial charge in [0.25, 0.3) is 0 Å². The molecular weight excluding hydrogens is 164 g/mol. The van der Waals surface area contributed by atoms with Crippen molar-refractivity contribution in [1.29, 1.82) is 0 Å². The lowest BCUT2D eigenvalue weighted by Gasteiger charge is -2.16. The first-order valence-electron chi connectivity index (χ1n) is 4.21. The molecule has 0 aliphatic heterocycles. The summed E-state index contributed by atoms with van der Waals surface area (Å²) in [6, 6.07) is 1.97. The SMILES string of the molecule is Cc1cc(N(C)C)nc(N(C)C)n1. The zero-order valence-corrected chi connectivity index (χ0v) is 8.87. The Kier molecular flexibility index (Phi) is 2.70. The van der Waals surface area contributed by atoms with E-state index in [-0.39, 0.29) is 0 Å². The third-order valence-corrected chi connectivity index (χ3v) is 1.69. The standard InChI is InChI=1S/C9H16N4/c1-7-6-8(12(2)3)11-9(10-7)13(4)5/h6H,1-5H3. The van der Waals surface area contributed by atoms with Gasteiger partial charge in [-0.05, 0) is 6.92 Å². The van der Waals surface area contributed by atoms with Crippen LogP contribution in [0, 0.1) is 6.92 Å². The van der Waals surface area contributed by atoms with Gasteiger partial charge in [-0.15, -0.1) is 0 Å². The van der Waals surface area contributed by atoms with E-state index >= 15 is 0 Å². The van der Waals surface area contributed by atoms with Crippen LogP contribution in [0.4, 0.5) is 11.8 Å². The van der Waals surface area contributed by atoms with Gasteiger partial charge >= 0.3 is 0 Å². The molecule has 0 bridgehead atoms. The molecule has 0 saturated carbocycles. The zero-order valence-electron chi connectivity index (χ0n) is 8.87. The lowest BCUT2D eigenvalue weighted by atomic mass is 10.4. The summed E-state index contributed by atoms with van der Waals surface area (Å²) in [6.07, 6.45) is 0. The van der Waals surface area contributed by atoms with Gasteiger partial charge in [-0.1, -0.05) is 0 Å². The maximum absolute atomic E-state index is 4.37. The molecule has 0 radical (unpaired) electrons. The van der Waals surface area contributed by atoms with Gasteiger partial charge in [0.15, 0.2) is 0 Å². The van der Waals surface area contributed by atoms with Crippen molar-refractivity contribution in [2.45, 2.75) is 6.92 Å². The molecule has 1 rings (SSSR count). The van der Waals surface area contributed by atoms with Crippen molar-refractivity contribution in [2.24, 2.45) is 0 Å². The predicted octanol–water partition coefficient (Wildman–Crippen LogP) is 0.917. The Morgan fingerprint density at radius 2 is 1.62 bits per heavy atom. The van der Waals surface area contributed by atoms with Crippen molar-refractivity contribution in [1.82, 2.24) is 9.97 Å². The molecule has 0 amide bonds. The Balaban J connectivity index is 3.11. The fourth-order valence-corrected chi connectivity index (χ4v) is 0.966. The van der Waals surface area contributed by atoms with Crippen molar-refractivity contribution in [3.05, 3.63) is 11.8 Å². The van der Waals surface area contributed by atoms with Crippen LogP contribution in [-0.4, -0.2) is 38.2 Å². The molecule has 1 aromatic rings. The number of hydrogen-bond acceptors (Lipinski definition) is 4. The molecule has 0 saturated heterocycles. The van der Waals surface area contributed by atoms with Gasteiger partial charge in [-0.25, -0.2) is 4.98 Å². The molecule has 0 spiro atoms. The van der Waals surface area contributed by atoms with Gasteiger partial charge < -0.3 is 9.80 Å². The Bertz CT molecular complexity index is 267. The second-order valence-electron chi connectivity index (χ2n) is 3.46. The van der Waals surface area contributed by atoms with Crippen LogP contribution >= 0.6 is 0 Å². The van der Waals surface area contributed by atoms with Gasteiger partial charge in [0, 0.05) is 40.0 Å². The highest BCUT2D eigenvalue weighted by molar-refractivity contribution is 5.43. The van der Waals surface area contributed by atoms with E-state index in [1.165, 1.54) is 0 Å². The van der Waals surface area contributed by atoms with Gasteiger partial charge in [0.2, 0.25) is 5.95 Å². The van der Waals surface area contributed by atoms with Crippen molar-refractivity contribution in [3.8, 4) is 0 Å². The lowest BCUT2D eigenvalue weighted by molar-refractivity contribution is 0.950. The van der Waals surface area contributed by atoms with E-state index in [9.17, 15) is 0 Å². The molecule has 13 heavy (non-hydrogen) atoms. The molecular formula is C9H16N4. The van der Waals surface area contributed by atoms with Crippen molar-refractivity contribution in [2.75, 3.05) is 38.0 Å². The largest absolute Gasteiger partial charge is 0.363 e. The Morgan fingerprint density at radius 3 is 2.08 bits per heavy atom. The van der Waals surface area contributed by atoms with E-state index in [1.807, 2.05) is 51.0 Å². The summed E-state index contributed by atoms with van der Waals surface area (Å²) in [7, 11) is 7.82. The van der Waals surface area contributed by atoms with Crippen LogP contribution in [0.2, 0.25) is 0 Å². The molecule has 0 unspecified atom stereocenters. The minimum Gasteiger partial charge on any atom is -0.363 e. The molecule has 0 aliphatic rings. The first-order valence-corrected chi connectivity index (χ1v) is 4.21. The van der Waals surface area contributed by atoms with E-state index in [0.717, 1.165) is 17.5 Å².